The maximum Gasteiger partial charge on any atom is 0.335 e. The molecule has 0 saturated heterocycles. The molecule has 5 heteroatoms. The van der Waals surface area contributed by atoms with Gasteiger partial charge in [-0.15, -0.1) is 0 Å². The van der Waals surface area contributed by atoms with Crippen LogP contribution in [0.2, 0.25) is 5.02 Å². The van der Waals surface area contributed by atoms with E-state index in [4.69, 9.17) is 16.7 Å². The standard InChI is InChI=1S/C21H15ClN2O2/c22-17-11-18(10-14-5-4-8-16(9-14)21(25)26)24-19(12-17)13-20(23-24)15-6-2-1-3-7-15/h1-9,11-13H,10H2,(H,25,26). The Bertz CT molecular complexity index is 1100. The number of fused-ring (bicyclic) bond motifs is 1. The van der Waals surface area contributed by atoms with Crippen LogP contribution in [0, 0.1) is 0 Å². The molecule has 0 aliphatic rings. The fourth-order valence-electron chi connectivity index (χ4n) is 3.03. The third-order valence-corrected chi connectivity index (χ3v) is 4.45. The van der Waals surface area contributed by atoms with Gasteiger partial charge in [-0.25, -0.2) is 9.31 Å². The minimum atomic E-state index is -0.937. The van der Waals surface area contributed by atoms with Crippen molar-refractivity contribution < 1.29 is 9.90 Å². The average Bonchev–Trinajstić information content (AvgIpc) is 3.07. The van der Waals surface area contributed by atoms with E-state index in [1.165, 1.54) is 0 Å². The minimum Gasteiger partial charge on any atom is -0.478 e. The largest absolute Gasteiger partial charge is 0.478 e. The molecule has 4 aromatic rings. The Morgan fingerprint density at radius 2 is 1.81 bits per heavy atom. The van der Waals surface area contributed by atoms with Gasteiger partial charge in [-0.2, -0.15) is 5.10 Å². The van der Waals surface area contributed by atoms with Gasteiger partial charge in [0.05, 0.1) is 16.8 Å². The van der Waals surface area contributed by atoms with E-state index in [0.717, 1.165) is 28.0 Å². The Morgan fingerprint density at radius 1 is 1.00 bits per heavy atom. The van der Waals surface area contributed by atoms with Gasteiger partial charge in [-0.05, 0) is 35.9 Å². The molecule has 2 aromatic carbocycles. The van der Waals surface area contributed by atoms with Crippen LogP contribution in [0.3, 0.4) is 0 Å². The van der Waals surface area contributed by atoms with Crippen LogP contribution in [0.25, 0.3) is 16.8 Å². The highest BCUT2D eigenvalue weighted by Crippen LogP contribution is 2.24. The predicted molar refractivity (Wildman–Crippen MR) is 102 cm³/mol. The van der Waals surface area contributed by atoms with E-state index in [1.807, 2.05) is 59.1 Å². The number of carboxylic acid groups (broad SMARTS) is 1. The van der Waals surface area contributed by atoms with Crippen molar-refractivity contribution in [3.63, 3.8) is 0 Å². The molecule has 2 heterocycles. The highest BCUT2D eigenvalue weighted by molar-refractivity contribution is 6.31. The van der Waals surface area contributed by atoms with Gasteiger partial charge in [-0.3, -0.25) is 0 Å². The van der Waals surface area contributed by atoms with Crippen LogP contribution in [0.1, 0.15) is 21.6 Å². The summed E-state index contributed by atoms with van der Waals surface area (Å²) in [7, 11) is 0. The zero-order chi connectivity index (χ0) is 18.1. The summed E-state index contributed by atoms with van der Waals surface area (Å²) in [5.41, 5.74) is 4.87. The van der Waals surface area contributed by atoms with Gasteiger partial charge in [0.25, 0.3) is 0 Å². The van der Waals surface area contributed by atoms with Gasteiger partial charge >= 0.3 is 5.97 Å². The van der Waals surface area contributed by atoms with E-state index in [2.05, 4.69) is 0 Å². The summed E-state index contributed by atoms with van der Waals surface area (Å²) in [4.78, 5) is 11.2. The van der Waals surface area contributed by atoms with Crippen LogP contribution in [-0.2, 0) is 6.42 Å². The number of carboxylic acids is 1. The first-order chi connectivity index (χ1) is 12.6. The Balaban J connectivity index is 1.78. The molecule has 0 spiro atoms. The number of hydrogen-bond donors (Lipinski definition) is 1. The lowest BCUT2D eigenvalue weighted by atomic mass is 10.1. The molecule has 1 N–H and O–H groups in total. The molecule has 26 heavy (non-hydrogen) atoms. The number of halogens is 1. The lowest BCUT2D eigenvalue weighted by molar-refractivity contribution is 0.0696. The van der Waals surface area contributed by atoms with E-state index < -0.39 is 5.97 Å². The molecule has 2 aromatic heterocycles. The number of carbonyl (C=O) groups is 1. The van der Waals surface area contributed by atoms with Crippen molar-refractivity contribution in [1.82, 2.24) is 9.61 Å². The van der Waals surface area contributed by atoms with Crippen LogP contribution in [0.15, 0.2) is 72.8 Å². The second-order valence-corrected chi connectivity index (χ2v) is 6.52. The molecule has 4 rings (SSSR count). The summed E-state index contributed by atoms with van der Waals surface area (Å²) in [5.74, 6) is -0.937. The van der Waals surface area contributed by atoms with E-state index in [-0.39, 0.29) is 5.56 Å². The molecule has 0 aliphatic carbocycles. The van der Waals surface area contributed by atoms with Gasteiger partial charge in [-0.1, -0.05) is 54.1 Å². The zero-order valence-corrected chi connectivity index (χ0v) is 14.5. The van der Waals surface area contributed by atoms with Crippen LogP contribution >= 0.6 is 11.6 Å². The summed E-state index contributed by atoms with van der Waals surface area (Å²) in [5, 5.41) is 14.5. The smallest absolute Gasteiger partial charge is 0.335 e. The van der Waals surface area contributed by atoms with Gasteiger partial charge in [0.1, 0.15) is 0 Å². The quantitative estimate of drug-likeness (QED) is 0.559. The monoisotopic (exact) mass is 362 g/mol. The summed E-state index contributed by atoms with van der Waals surface area (Å²) < 4.78 is 1.86. The first kappa shape index (κ1) is 16.4. The van der Waals surface area contributed by atoms with E-state index in [0.29, 0.717) is 11.4 Å². The third-order valence-electron chi connectivity index (χ3n) is 4.23. The summed E-state index contributed by atoms with van der Waals surface area (Å²) in [6.45, 7) is 0. The van der Waals surface area contributed by atoms with Crippen molar-refractivity contribution in [3.8, 4) is 11.3 Å². The third kappa shape index (κ3) is 3.19. The molecular formula is C21H15ClN2O2. The molecule has 0 fully saturated rings. The molecule has 0 atom stereocenters. The predicted octanol–water partition coefficient (Wildman–Crippen LogP) is 4.94. The number of pyridine rings is 1. The average molecular weight is 363 g/mol. The molecule has 0 bridgehead atoms. The number of aromatic nitrogens is 2. The van der Waals surface area contributed by atoms with Crippen LogP contribution in [0.5, 0.6) is 0 Å². The summed E-state index contributed by atoms with van der Waals surface area (Å²) in [6, 6.07) is 22.6. The Hall–Kier alpha value is -3.11. The molecule has 4 nitrogen and oxygen atoms in total. The lowest BCUT2D eigenvalue weighted by Crippen LogP contribution is -2.02. The van der Waals surface area contributed by atoms with E-state index in [9.17, 15) is 9.90 Å². The Morgan fingerprint density at radius 3 is 2.58 bits per heavy atom. The van der Waals surface area contributed by atoms with Crippen molar-refractivity contribution in [2.45, 2.75) is 6.42 Å². The zero-order valence-electron chi connectivity index (χ0n) is 13.8. The van der Waals surface area contributed by atoms with Crippen molar-refractivity contribution >= 4 is 23.1 Å². The second kappa shape index (κ2) is 6.65. The van der Waals surface area contributed by atoms with Crippen molar-refractivity contribution in [2.24, 2.45) is 0 Å². The maximum atomic E-state index is 11.2. The summed E-state index contributed by atoms with van der Waals surface area (Å²) in [6.07, 6.45) is 0.536. The molecule has 0 saturated carbocycles. The van der Waals surface area contributed by atoms with Gasteiger partial charge < -0.3 is 5.11 Å². The van der Waals surface area contributed by atoms with Crippen LogP contribution < -0.4 is 0 Å². The fourth-order valence-corrected chi connectivity index (χ4v) is 3.27. The lowest BCUT2D eigenvalue weighted by Gasteiger charge is -2.07. The summed E-state index contributed by atoms with van der Waals surface area (Å²) >= 11 is 6.29. The second-order valence-electron chi connectivity index (χ2n) is 6.08. The number of hydrogen-bond acceptors (Lipinski definition) is 2. The molecule has 0 radical (unpaired) electrons. The van der Waals surface area contributed by atoms with Gasteiger partial charge in [0.2, 0.25) is 0 Å². The van der Waals surface area contributed by atoms with Crippen molar-refractivity contribution in [3.05, 3.63) is 94.6 Å². The molecule has 128 valence electrons. The fraction of sp³-hybridized carbons (Fsp3) is 0.0476. The SMILES string of the molecule is O=C(O)c1cccc(Cc2cc(Cl)cc3cc(-c4ccccc4)nn23)c1. The van der Waals surface area contributed by atoms with Crippen molar-refractivity contribution in [1.29, 1.82) is 0 Å². The van der Waals surface area contributed by atoms with Gasteiger partial charge in [0, 0.05) is 22.7 Å². The van der Waals surface area contributed by atoms with E-state index >= 15 is 0 Å². The topological polar surface area (TPSA) is 54.6 Å². The number of nitrogens with zero attached hydrogens (tertiary/aromatic N) is 2. The van der Waals surface area contributed by atoms with Crippen LogP contribution in [-0.4, -0.2) is 20.7 Å². The first-order valence-corrected chi connectivity index (χ1v) is 8.54. The minimum absolute atomic E-state index is 0.270. The molecule has 0 aliphatic heterocycles. The van der Waals surface area contributed by atoms with Crippen LogP contribution in [0.4, 0.5) is 0 Å². The first-order valence-electron chi connectivity index (χ1n) is 8.16. The molecule has 0 unspecified atom stereocenters. The number of aromatic carboxylic acids is 1. The Kier molecular flexibility index (Phi) is 4.19. The normalized spacial score (nSPS) is 11.0. The molecular weight excluding hydrogens is 348 g/mol. The highest BCUT2D eigenvalue weighted by atomic mass is 35.5. The molecule has 0 amide bonds. The highest BCUT2D eigenvalue weighted by Gasteiger charge is 2.11. The van der Waals surface area contributed by atoms with Gasteiger partial charge in [0.15, 0.2) is 0 Å². The maximum absolute atomic E-state index is 11.2. The Labute approximate surface area is 155 Å². The number of rotatable bonds is 4. The number of benzene rings is 2. The van der Waals surface area contributed by atoms with Crippen molar-refractivity contribution in [2.75, 3.05) is 0 Å². The van der Waals surface area contributed by atoms with E-state index in [1.54, 1.807) is 18.2 Å².